The number of rotatable bonds is 2. The van der Waals surface area contributed by atoms with Gasteiger partial charge in [-0.15, -0.1) is 0 Å². The maximum atomic E-state index is 11.3. The van der Waals surface area contributed by atoms with E-state index in [9.17, 15) is 4.79 Å². The Bertz CT molecular complexity index is 575. The highest BCUT2D eigenvalue weighted by molar-refractivity contribution is 6.35. The van der Waals surface area contributed by atoms with Gasteiger partial charge in [0.2, 0.25) is 5.56 Å². The first-order chi connectivity index (χ1) is 7.58. The molecule has 1 aromatic heterocycles. The number of nitrogens with one attached hydrogen (secondary N) is 1. The average Bonchev–Trinajstić information content (AvgIpc) is 2.18. The van der Waals surface area contributed by atoms with Crippen LogP contribution in [0.15, 0.2) is 29.1 Å². The van der Waals surface area contributed by atoms with Gasteiger partial charge in [-0.1, -0.05) is 23.7 Å². The molecule has 0 spiro atoms. The van der Waals surface area contributed by atoms with E-state index in [1.807, 2.05) is 32.0 Å². The molecule has 2 aromatic rings. The largest absolute Gasteiger partial charge is 0.489 e. The fourth-order valence-corrected chi connectivity index (χ4v) is 1.82. The second-order valence-corrected chi connectivity index (χ2v) is 4.23. The van der Waals surface area contributed by atoms with E-state index in [0.29, 0.717) is 16.3 Å². The number of H-pyrrole nitrogens is 1. The Morgan fingerprint density at radius 1 is 1.38 bits per heavy atom. The van der Waals surface area contributed by atoms with Gasteiger partial charge in [-0.25, -0.2) is 0 Å². The SMILES string of the molecule is CC(C)Oc1cccc2c(Cl)cc(=O)[nH]c12. The molecular formula is C12H12ClNO2. The molecule has 0 radical (unpaired) electrons. The number of hydrogen-bond donors (Lipinski definition) is 1. The summed E-state index contributed by atoms with van der Waals surface area (Å²) >= 11 is 6.00. The number of halogens is 1. The van der Waals surface area contributed by atoms with E-state index in [0.717, 1.165) is 5.39 Å². The molecule has 0 aliphatic heterocycles. The summed E-state index contributed by atoms with van der Waals surface area (Å²) in [4.78, 5) is 14.1. The van der Waals surface area contributed by atoms with Crippen molar-refractivity contribution in [3.05, 3.63) is 39.6 Å². The monoisotopic (exact) mass is 237 g/mol. The van der Waals surface area contributed by atoms with E-state index in [4.69, 9.17) is 16.3 Å². The van der Waals surface area contributed by atoms with E-state index in [-0.39, 0.29) is 11.7 Å². The summed E-state index contributed by atoms with van der Waals surface area (Å²) < 4.78 is 5.61. The molecule has 0 aliphatic carbocycles. The van der Waals surface area contributed by atoms with Crippen molar-refractivity contribution < 1.29 is 4.74 Å². The molecule has 0 atom stereocenters. The number of aromatic amines is 1. The first kappa shape index (κ1) is 11.0. The van der Waals surface area contributed by atoms with Gasteiger partial charge in [-0.2, -0.15) is 0 Å². The topological polar surface area (TPSA) is 42.1 Å². The maximum absolute atomic E-state index is 11.3. The molecule has 16 heavy (non-hydrogen) atoms. The van der Waals surface area contributed by atoms with Crippen LogP contribution in [0.1, 0.15) is 13.8 Å². The molecule has 3 nitrogen and oxygen atoms in total. The summed E-state index contributed by atoms with van der Waals surface area (Å²) in [5.74, 6) is 0.645. The van der Waals surface area contributed by atoms with Crippen LogP contribution in [-0.2, 0) is 0 Å². The Balaban J connectivity index is 2.71. The molecular weight excluding hydrogens is 226 g/mol. The lowest BCUT2D eigenvalue weighted by molar-refractivity contribution is 0.245. The lowest BCUT2D eigenvalue weighted by Crippen LogP contribution is -2.09. The summed E-state index contributed by atoms with van der Waals surface area (Å²) in [6, 6.07) is 6.88. The zero-order valence-electron chi connectivity index (χ0n) is 9.08. The maximum Gasteiger partial charge on any atom is 0.250 e. The Labute approximate surface area is 98.0 Å². The lowest BCUT2D eigenvalue weighted by Gasteiger charge is -2.12. The molecule has 0 amide bonds. The van der Waals surface area contributed by atoms with Gasteiger partial charge in [-0.05, 0) is 19.9 Å². The lowest BCUT2D eigenvalue weighted by atomic mass is 10.2. The molecule has 4 heteroatoms. The van der Waals surface area contributed by atoms with Gasteiger partial charge < -0.3 is 9.72 Å². The highest BCUT2D eigenvalue weighted by Gasteiger charge is 2.07. The average molecular weight is 238 g/mol. The van der Waals surface area contributed by atoms with Crippen LogP contribution in [0.4, 0.5) is 0 Å². The van der Waals surface area contributed by atoms with Crippen LogP contribution < -0.4 is 10.3 Å². The molecule has 0 saturated carbocycles. The van der Waals surface area contributed by atoms with E-state index in [1.54, 1.807) is 0 Å². The van der Waals surface area contributed by atoms with Crippen LogP contribution in [-0.4, -0.2) is 11.1 Å². The van der Waals surface area contributed by atoms with Gasteiger partial charge in [-0.3, -0.25) is 4.79 Å². The summed E-state index contributed by atoms with van der Waals surface area (Å²) in [5.41, 5.74) is 0.422. The zero-order chi connectivity index (χ0) is 11.7. The van der Waals surface area contributed by atoms with Crippen LogP contribution in [0, 0.1) is 0 Å². The number of para-hydroxylation sites is 1. The molecule has 2 rings (SSSR count). The van der Waals surface area contributed by atoms with Crippen molar-refractivity contribution in [3.63, 3.8) is 0 Å². The molecule has 84 valence electrons. The third-order valence-corrected chi connectivity index (χ3v) is 2.46. The fraction of sp³-hybridized carbons (Fsp3) is 0.250. The van der Waals surface area contributed by atoms with Gasteiger partial charge in [0.25, 0.3) is 0 Å². The van der Waals surface area contributed by atoms with E-state index >= 15 is 0 Å². The molecule has 0 unspecified atom stereocenters. The van der Waals surface area contributed by atoms with Gasteiger partial charge in [0.05, 0.1) is 16.6 Å². The molecule has 1 aromatic carbocycles. The summed E-state index contributed by atoms with van der Waals surface area (Å²) in [6.07, 6.45) is 0.0492. The fourth-order valence-electron chi connectivity index (χ4n) is 1.56. The van der Waals surface area contributed by atoms with E-state index in [2.05, 4.69) is 4.98 Å². The predicted molar refractivity (Wildman–Crippen MR) is 65.3 cm³/mol. The molecule has 1 N–H and O–H groups in total. The van der Waals surface area contributed by atoms with Crippen LogP contribution in [0.2, 0.25) is 5.02 Å². The third-order valence-electron chi connectivity index (χ3n) is 2.15. The number of hydrogen-bond acceptors (Lipinski definition) is 2. The van der Waals surface area contributed by atoms with Gasteiger partial charge >= 0.3 is 0 Å². The van der Waals surface area contributed by atoms with E-state index < -0.39 is 0 Å². The number of fused-ring (bicyclic) bond motifs is 1. The van der Waals surface area contributed by atoms with Crippen molar-refractivity contribution >= 4 is 22.5 Å². The first-order valence-corrected chi connectivity index (χ1v) is 5.44. The Morgan fingerprint density at radius 2 is 2.12 bits per heavy atom. The smallest absolute Gasteiger partial charge is 0.250 e. The number of pyridine rings is 1. The predicted octanol–water partition coefficient (Wildman–Crippen LogP) is 2.97. The van der Waals surface area contributed by atoms with Crippen molar-refractivity contribution in [2.45, 2.75) is 20.0 Å². The zero-order valence-corrected chi connectivity index (χ0v) is 9.84. The van der Waals surface area contributed by atoms with Crippen LogP contribution in [0.5, 0.6) is 5.75 Å². The minimum atomic E-state index is -0.225. The van der Waals surface area contributed by atoms with Crippen molar-refractivity contribution in [2.75, 3.05) is 0 Å². The Hall–Kier alpha value is -1.48. The highest BCUT2D eigenvalue weighted by atomic mass is 35.5. The van der Waals surface area contributed by atoms with Gasteiger partial charge in [0.1, 0.15) is 5.75 Å². The summed E-state index contributed by atoms with van der Waals surface area (Å²) in [6.45, 7) is 3.86. The number of benzene rings is 1. The van der Waals surface area contributed by atoms with Crippen molar-refractivity contribution in [2.24, 2.45) is 0 Å². The van der Waals surface area contributed by atoms with Crippen molar-refractivity contribution in [3.8, 4) is 5.75 Å². The molecule has 0 fully saturated rings. The normalized spacial score (nSPS) is 11.0. The van der Waals surface area contributed by atoms with Gasteiger partial charge in [0, 0.05) is 11.5 Å². The molecule has 0 saturated heterocycles. The first-order valence-electron chi connectivity index (χ1n) is 5.06. The van der Waals surface area contributed by atoms with E-state index in [1.165, 1.54) is 6.07 Å². The minimum Gasteiger partial charge on any atom is -0.489 e. The minimum absolute atomic E-state index is 0.0492. The Kier molecular flexibility index (Phi) is 2.88. The molecule has 1 heterocycles. The Morgan fingerprint density at radius 3 is 2.81 bits per heavy atom. The van der Waals surface area contributed by atoms with Crippen LogP contribution >= 0.6 is 11.6 Å². The third kappa shape index (κ3) is 2.04. The second-order valence-electron chi connectivity index (χ2n) is 3.83. The summed E-state index contributed by atoms with van der Waals surface area (Å²) in [5, 5.41) is 1.23. The van der Waals surface area contributed by atoms with Crippen LogP contribution in [0.3, 0.4) is 0 Å². The van der Waals surface area contributed by atoms with Crippen molar-refractivity contribution in [1.82, 2.24) is 4.98 Å². The van der Waals surface area contributed by atoms with Gasteiger partial charge in [0.15, 0.2) is 0 Å². The van der Waals surface area contributed by atoms with Crippen LogP contribution in [0.25, 0.3) is 10.9 Å². The number of aromatic nitrogens is 1. The summed E-state index contributed by atoms with van der Waals surface area (Å²) in [7, 11) is 0. The standard InChI is InChI=1S/C12H12ClNO2/c1-7(2)16-10-5-3-4-8-9(13)6-11(15)14-12(8)10/h3-7H,1-2H3,(H,14,15). The molecule has 0 bridgehead atoms. The molecule has 0 aliphatic rings. The second kappa shape index (κ2) is 4.18. The highest BCUT2D eigenvalue weighted by Crippen LogP contribution is 2.27. The van der Waals surface area contributed by atoms with Crippen molar-refractivity contribution in [1.29, 1.82) is 0 Å². The number of ether oxygens (including phenoxy) is 1. The quantitative estimate of drug-likeness (QED) is 0.873.